The Kier molecular flexibility index (Phi) is 5.01. The van der Waals surface area contributed by atoms with Gasteiger partial charge in [-0.3, -0.25) is 4.90 Å². The number of amides is 1. The molecule has 1 amide bonds. The van der Waals surface area contributed by atoms with E-state index in [0.29, 0.717) is 12.2 Å². The van der Waals surface area contributed by atoms with Crippen molar-refractivity contribution in [3.8, 4) is 0 Å². The first-order valence-electron chi connectivity index (χ1n) is 7.61. The minimum atomic E-state index is -3.26. The number of carbonyl (C=O) groups is 1. The summed E-state index contributed by atoms with van der Waals surface area (Å²) in [6.45, 7) is 6.99. The molecule has 1 N–H and O–H groups in total. The Morgan fingerprint density at radius 1 is 1.26 bits per heavy atom. The minimum Gasteiger partial charge on any atom is -0.443 e. The summed E-state index contributed by atoms with van der Waals surface area (Å²) in [5.41, 5.74) is 0.0500. The van der Waals surface area contributed by atoms with Crippen LogP contribution in [0.25, 0.3) is 0 Å². The number of nitrogens with zero attached hydrogens (tertiary/aromatic N) is 1. The van der Waals surface area contributed by atoms with Crippen LogP contribution in [0.1, 0.15) is 27.2 Å². The molecule has 0 bridgehead atoms. The Balaban J connectivity index is 2.31. The minimum absolute atomic E-state index is 0.00562. The van der Waals surface area contributed by atoms with E-state index in [1.807, 2.05) is 20.8 Å². The number of sulfone groups is 1. The lowest BCUT2D eigenvalue weighted by Crippen LogP contribution is -2.44. The highest BCUT2D eigenvalue weighted by Gasteiger charge is 2.31. The molecule has 1 aromatic rings. The lowest BCUT2D eigenvalue weighted by atomic mass is 10.2. The number of rotatable bonds is 3. The van der Waals surface area contributed by atoms with Crippen LogP contribution in [0.4, 0.5) is 10.5 Å². The molecule has 1 aliphatic rings. The van der Waals surface area contributed by atoms with Crippen LogP contribution in [0.15, 0.2) is 29.2 Å². The Hall–Kier alpha value is -1.60. The van der Waals surface area contributed by atoms with Crippen molar-refractivity contribution in [2.24, 2.45) is 0 Å². The molecular weight excluding hydrogens is 316 g/mol. The van der Waals surface area contributed by atoms with Gasteiger partial charge in [0.2, 0.25) is 0 Å². The number of anilines is 1. The first-order valence-corrected chi connectivity index (χ1v) is 9.50. The Morgan fingerprint density at radius 2 is 1.87 bits per heavy atom. The fourth-order valence-corrected chi connectivity index (χ4v) is 3.12. The van der Waals surface area contributed by atoms with Crippen molar-refractivity contribution in [3.63, 3.8) is 0 Å². The van der Waals surface area contributed by atoms with E-state index >= 15 is 0 Å². The zero-order chi connectivity index (χ0) is 17.3. The summed E-state index contributed by atoms with van der Waals surface area (Å²) < 4.78 is 28.7. The SMILES string of the molecule is CC(C)(C)OC(=O)N(c1ccc(S(C)(=O)=O)cc1)C1CCNC1. The molecule has 0 aromatic heterocycles. The van der Waals surface area contributed by atoms with E-state index in [0.717, 1.165) is 19.2 Å². The maximum atomic E-state index is 12.6. The highest BCUT2D eigenvalue weighted by Crippen LogP contribution is 2.25. The molecule has 0 spiro atoms. The average Bonchev–Trinajstić information content (AvgIpc) is 2.90. The number of hydrogen-bond acceptors (Lipinski definition) is 5. The van der Waals surface area contributed by atoms with Crippen molar-refractivity contribution < 1.29 is 17.9 Å². The summed E-state index contributed by atoms with van der Waals surface area (Å²) >= 11 is 0. The zero-order valence-electron chi connectivity index (χ0n) is 14.0. The molecule has 1 heterocycles. The Bertz CT molecular complexity index is 656. The fourth-order valence-electron chi connectivity index (χ4n) is 2.49. The van der Waals surface area contributed by atoms with Gasteiger partial charge in [0, 0.05) is 18.5 Å². The number of benzene rings is 1. The second-order valence-corrected chi connectivity index (χ2v) is 8.78. The van der Waals surface area contributed by atoms with E-state index in [1.54, 1.807) is 17.0 Å². The number of ether oxygens (including phenoxy) is 1. The van der Waals surface area contributed by atoms with Gasteiger partial charge in [-0.2, -0.15) is 0 Å². The van der Waals surface area contributed by atoms with Gasteiger partial charge in [-0.15, -0.1) is 0 Å². The van der Waals surface area contributed by atoms with Gasteiger partial charge in [0.05, 0.1) is 10.9 Å². The van der Waals surface area contributed by atoms with Crippen LogP contribution in [0.2, 0.25) is 0 Å². The third-order valence-electron chi connectivity index (χ3n) is 3.53. The standard InChI is InChI=1S/C16H24N2O4S/c1-16(2,3)22-15(19)18(13-9-10-17-11-13)12-5-7-14(8-6-12)23(4,20)21/h5-8,13,17H,9-11H2,1-4H3. The Labute approximate surface area is 137 Å². The number of nitrogens with one attached hydrogen (secondary N) is 1. The molecule has 128 valence electrons. The largest absolute Gasteiger partial charge is 0.443 e. The zero-order valence-corrected chi connectivity index (χ0v) is 14.8. The number of carbonyl (C=O) groups excluding carboxylic acids is 1. The van der Waals surface area contributed by atoms with Gasteiger partial charge >= 0.3 is 6.09 Å². The molecule has 1 fully saturated rings. The topological polar surface area (TPSA) is 75.7 Å². The van der Waals surface area contributed by atoms with Crippen LogP contribution < -0.4 is 10.2 Å². The highest BCUT2D eigenvalue weighted by atomic mass is 32.2. The van der Waals surface area contributed by atoms with Gasteiger partial charge < -0.3 is 10.1 Å². The molecule has 1 aliphatic heterocycles. The quantitative estimate of drug-likeness (QED) is 0.913. The van der Waals surface area contributed by atoms with Gasteiger partial charge in [0.15, 0.2) is 9.84 Å². The molecule has 1 unspecified atom stereocenters. The molecule has 6 nitrogen and oxygen atoms in total. The lowest BCUT2D eigenvalue weighted by Gasteiger charge is -2.31. The second kappa shape index (κ2) is 6.49. The summed E-state index contributed by atoms with van der Waals surface area (Å²) in [6.07, 6.45) is 1.57. The van der Waals surface area contributed by atoms with Crippen LogP contribution in [0, 0.1) is 0 Å². The smallest absolute Gasteiger partial charge is 0.415 e. The van der Waals surface area contributed by atoms with E-state index in [1.165, 1.54) is 12.1 Å². The predicted octanol–water partition coefficient (Wildman–Crippen LogP) is 2.19. The molecule has 23 heavy (non-hydrogen) atoms. The van der Waals surface area contributed by atoms with Crippen LogP contribution in [-0.4, -0.2) is 45.5 Å². The van der Waals surface area contributed by atoms with Crippen molar-refractivity contribution in [1.29, 1.82) is 0 Å². The van der Waals surface area contributed by atoms with Gasteiger partial charge in [0.25, 0.3) is 0 Å². The van der Waals surface area contributed by atoms with Crippen LogP contribution in [0.5, 0.6) is 0 Å². The normalized spacial score (nSPS) is 18.7. The summed E-state index contributed by atoms with van der Waals surface area (Å²) in [7, 11) is -3.26. The van der Waals surface area contributed by atoms with Crippen molar-refractivity contribution >= 4 is 21.6 Å². The third kappa shape index (κ3) is 4.68. The summed E-state index contributed by atoms with van der Waals surface area (Å²) in [5.74, 6) is 0. The first kappa shape index (κ1) is 17.7. The lowest BCUT2D eigenvalue weighted by molar-refractivity contribution is 0.0568. The molecule has 7 heteroatoms. The third-order valence-corrected chi connectivity index (χ3v) is 4.66. The van der Waals surface area contributed by atoms with Crippen molar-refractivity contribution in [2.45, 2.75) is 43.7 Å². The highest BCUT2D eigenvalue weighted by molar-refractivity contribution is 7.90. The molecule has 1 atom stereocenters. The molecule has 0 radical (unpaired) electrons. The molecule has 0 aliphatic carbocycles. The van der Waals surface area contributed by atoms with E-state index in [4.69, 9.17) is 4.74 Å². The van der Waals surface area contributed by atoms with Crippen molar-refractivity contribution in [1.82, 2.24) is 5.32 Å². The summed E-state index contributed by atoms with van der Waals surface area (Å²) in [5, 5.41) is 3.23. The van der Waals surface area contributed by atoms with Gasteiger partial charge in [0.1, 0.15) is 5.60 Å². The van der Waals surface area contributed by atoms with E-state index < -0.39 is 21.5 Å². The van der Waals surface area contributed by atoms with Crippen molar-refractivity contribution in [2.75, 3.05) is 24.2 Å². The first-order chi connectivity index (χ1) is 10.6. The Morgan fingerprint density at radius 3 is 2.30 bits per heavy atom. The van der Waals surface area contributed by atoms with E-state index in [9.17, 15) is 13.2 Å². The maximum Gasteiger partial charge on any atom is 0.415 e. The molecule has 1 saturated heterocycles. The fraction of sp³-hybridized carbons (Fsp3) is 0.562. The average molecular weight is 340 g/mol. The van der Waals surface area contributed by atoms with E-state index in [2.05, 4.69) is 5.32 Å². The summed E-state index contributed by atoms with van der Waals surface area (Å²) in [4.78, 5) is 14.4. The molecule has 0 saturated carbocycles. The summed E-state index contributed by atoms with van der Waals surface area (Å²) in [6, 6.07) is 6.33. The van der Waals surface area contributed by atoms with E-state index in [-0.39, 0.29) is 10.9 Å². The van der Waals surface area contributed by atoms with Crippen molar-refractivity contribution in [3.05, 3.63) is 24.3 Å². The van der Waals surface area contributed by atoms with Crippen LogP contribution in [0.3, 0.4) is 0 Å². The van der Waals surface area contributed by atoms with Gasteiger partial charge in [-0.05, 0) is 58.0 Å². The molecule has 2 rings (SSSR count). The van der Waals surface area contributed by atoms with Gasteiger partial charge in [-0.25, -0.2) is 13.2 Å². The second-order valence-electron chi connectivity index (χ2n) is 6.76. The van der Waals surface area contributed by atoms with Gasteiger partial charge in [-0.1, -0.05) is 0 Å². The molecule has 1 aromatic carbocycles. The number of hydrogen-bond donors (Lipinski definition) is 1. The molecular formula is C16H24N2O4S. The van der Waals surface area contributed by atoms with Crippen LogP contribution in [-0.2, 0) is 14.6 Å². The monoisotopic (exact) mass is 340 g/mol. The maximum absolute atomic E-state index is 12.6. The predicted molar refractivity (Wildman–Crippen MR) is 89.5 cm³/mol. The van der Waals surface area contributed by atoms with Crippen LogP contribution >= 0.6 is 0 Å².